The Morgan fingerprint density at radius 3 is 2.55 bits per heavy atom. The summed E-state index contributed by atoms with van der Waals surface area (Å²) in [4.78, 5) is 16.6. The number of pyridine rings is 1. The van der Waals surface area contributed by atoms with Gasteiger partial charge in [0.25, 0.3) is 0 Å². The van der Waals surface area contributed by atoms with Crippen molar-refractivity contribution in [2.75, 3.05) is 24.5 Å². The van der Waals surface area contributed by atoms with E-state index in [1.165, 1.54) is 0 Å². The van der Waals surface area contributed by atoms with E-state index < -0.39 is 5.60 Å². The fourth-order valence-corrected chi connectivity index (χ4v) is 3.72. The van der Waals surface area contributed by atoms with Gasteiger partial charge in [-0.1, -0.05) is 6.07 Å². The van der Waals surface area contributed by atoms with Gasteiger partial charge in [0, 0.05) is 56.2 Å². The fourth-order valence-electron chi connectivity index (χ4n) is 3.72. The largest absolute Gasteiger partial charge is 0.444 e. The second-order valence-electron chi connectivity index (χ2n) is 8.65. The van der Waals surface area contributed by atoms with Crippen LogP contribution in [0, 0.1) is 0 Å². The van der Waals surface area contributed by atoms with E-state index in [0.717, 1.165) is 35.4 Å². The Morgan fingerprint density at radius 1 is 1.10 bits per heavy atom. The van der Waals surface area contributed by atoms with Crippen LogP contribution in [0.15, 0.2) is 36.9 Å². The van der Waals surface area contributed by atoms with Gasteiger partial charge in [-0.25, -0.2) is 9.31 Å². The van der Waals surface area contributed by atoms with Crippen LogP contribution in [-0.2, 0) is 11.8 Å². The molecule has 0 radical (unpaired) electrons. The zero-order valence-corrected chi connectivity index (χ0v) is 17.7. The summed E-state index contributed by atoms with van der Waals surface area (Å²) < 4.78 is 9.24. The lowest BCUT2D eigenvalue weighted by atomic mass is 10.1. The van der Waals surface area contributed by atoms with Crippen LogP contribution in [0.3, 0.4) is 0 Å². The average molecular weight is 396 g/mol. The number of nitrogens with zero attached hydrogens (tertiary/aromatic N) is 6. The van der Waals surface area contributed by atoms with Crippen LogP contribution >= 0.6 is 0 Å². The van der Waals surface area contributed by atoms with Crippen molar-refractivity contribution in [3.63, 3.8) is 0 Å². The van der Waals surface area contributed by atoms with E-state index in [9.17, 15) is 4.79 Å². The number of hydrogen-bond acceptors (Lipinski definition) is 5. The first-order valence-electron chi connectivity index (χ1n) is 9.92. The highest BCUT2D eigenvalue weighted by Gasteiger charge is 2.31. The van der Waals surface area contributed by atoms with Crippen LogP contribution in [0.2, 0.25) is 0 Å². The molecule has 1 fully saturated rings. The summed E-state index contributed by atoms with van der Waals surface area (Å²) in [6.07, 6.45) is 7.52. The van der Waals surface area contributed by atoms with Gasteiger partial charge >= 0.3 is 6.09 Å². The third kappa shape index (κ3) is 3.92. The third-order valence-corrected chi connectivity index (χ3v) is 5.13. The molecule has 1 aliphatic rings. The lowest BCUT2D eigenvalue weighted by Crippen LogP contribution is -2.55. The number of hydrogen-bond donors (Lipinski definition) is 0. The molecular formula is C21H28N6O2. The highest BCUT2D eigenvalue weighted by Crippen LogP contribution is 2.27. The lowest BCUT2D eigenvalue weighted by Gasteiger charge is -2.40. The fraction of sp³-hybridized carbons (Fsp3) is 0.476. The van der Waals surface area contributed by atoms with Gasteiger partial charge in [-0.3, -0.25) is 4.68 Å². The molecule has 3 aromatic heterocycles. The number of ether oxygens (including phenoxy) is 1. The highest BCUT2D eigenvalue weighted by molar-refractivity contribution is 5.76. The molecule has 1 atom stereocenters. The molecule has 154 valence electrons. The normalized spacial score (nSPS) is 17.8. The molecule has 0 aliphatic carbocycles. The molecule has 0 unspecified atom stereocenters. The van der Waals surface area contributed by atoms with Crippen molar-refractivity contribution < 1.29 is 9.53 Å². The predicted octanol–water partition coefficient (Wildman–Crippen LogP) is 3.18. The minimum atomic E-state index is -0.484. The van der Waals surface area contributed by atoms with E-state index in [4.69, 9.17) is 4.74 Å². The van der Waals surface area contributed by atoms with Gasteiger partial charge in [0.1, 0.15) is 5.60 Å². The molecule has 1 amide bonds. The van der Waals surface area contributed by atoms with Crippen LogP contribution in [0.1, 0.15) is 27.7 Å². The first-order valence-corrected chi connectivity index (χ1v) is 9.92. The Balaban J connectivity index is 1.51. The smallest absolute Gasteiger partial charge is 0.410 e. The van der Waals surface area contributed by atoms with E-state index in [1.807, 2.05) is 62.0 Å². The van der Waals surface area contributed by atoms with Crippen molar-refractivity contribution in [1.29, 1.82) is 0 Å². The summed E-state index contributed by atoms with van der Waals surface area (Å²) in [5.41, 5.74) is 3.78. The number of aromatic nitrogens is 4. The number of fused-ring (bicyclic) bond motifs is 1. The van der Waals surface area contributed by atoms with Crippen LogP contribution in [0.4, 0.5) is 10.5 Å². The van der Waals surface area contributed by atoms with Gasteiger partial charge in [-0.2, -0.15) is 10.2 Å². The Bertz CT molecular complexity index is 1030. The van der Waals surface area contributed by atoms with E-state index in [-0.39, 0.29) is 12.1 Å². The topological polar surface area (TPSA) is 67.9 Å². The Labute approximate surface area is 170 Å². The quantitative estimate of drug-likeness (QED) is 0.666. The third-order valence-electron chi connectivity index (χ3n) is 5.13. The summed E-state index contributed by atoms with van der Waals surface area (Å²) >= 11 is 0. The van der Waals surface area contributed by atoms with E-state index in [0.29, 0.717) is 6.54 Å². The maximum Gasteiger partial charge on any atom is 0.410 e. The second kappa shape index (κ2) is 7.09. The molecule has 1 aliphatic heterocycles. The molecule has 3 aromatic rings. The first-order chi connectivity index (χ1) is 13.7. The van der Waals surface area contributed by atoms with Gasteiger partial charge in [-0.15, -0.1) is 0 Å². The molecule has 1 saturated heterocycles. The molecule has 29 heavy (non-hydrogen) atoms. The molecule has 0 aromatic carbocycles. The molecule has 0 bridgehead atoms. The molecule has 4 heterocycles. The summed E-state index contributed by atoms with van der Waals surface area (Å²) in [6.45, 7) is 9.85. The predicted molar refractivity (Wildman–Crippen MR) is 112 cm³/mol. The van der Waals surface area contributed by atoms with Crippen LogP contribution in [-0.4, -0.2) is 61.7 Å². The minimum Gasteiger partial charge on any atom is -0.444 e. The highest BCUT2D eigenvalue weighted by atomic mass is 16.6. The number of aryl methyl sites for hydroxylation is 1. The van der Waals surface area contributed by atoms with Crippen LogP contribution in [0.25, 0.3) is 16.6 Å². The van der Waals surface area contributed by atoms with Crippen molar-refractivity contribution in [2.45, 2.75) is 39.3 Å². The molecule has 8 nitrogen and oxygen atoms in total. The maximum atomic E-state index is 12.5. The van der Waals surface area contributed by atoms with E-state index in [1.54, 1.807) is 4.68 Å². The van der Waals surface area contributed by atoms with Crippen molar-refractivity contribution in [2.24, 2.45) is 7.05 Å². The van der Waals surface area contributed by atoms with E-state index >= 15 is 0 Å². The number of amides is 1. The van der Waals surface area contributed by atoms with E-state index in [2.05, 4.69) is 34.2 Å². The Kier molecular flexibility index (Phi) is 4.72. The standard InChI is InChI=1S/C21H28N6O2/c1-15-12-25(8-9-26(15)20(28)29-21(2,3)4)19-11-23-27-14-16(6-7-18(19)27)17-10-22-24(5)13-17/h6-7,10-11,13-15H,8-9,12H2,1-5H3/t15-/m0/s1. The summed E-state index contributed by atoms with van der Waals surface area (Å²) in [5.74, 6) is 0. The minimum absolute atomic E-state index is 0.0585. The zero-order chi connectivity index (χ0) is 20.8. The monoisotopic (exact) mass is 396 g/mol. The Morgan fingerprint density at radius 2 is 1.90 bits per heavy atom. The first kappa shape index (κ1) is 19.3. The lowest BCUT2D eigenvalue weighted by molar-refractivity contribution is 0.0159. The number of rotatable bonds is 2. The van der Waals surface area contributed by atoms with Gasteiger partial charge in [0.2, 0.25) is 0 Å². The van der Waals surface area contributed by atoms with Gasteiger partial charge in [-0.05, 0) is 33.8 Å². The molecule has 0 N–H and O–H groups in total. The van der Waals surface area contributed by atoms with Gasteiger partial charge in [0.15, 0.2) is 0 Å². The summed E-state index contributed by atoms with van der Waals surface area (Å²) in [7, 11) is 1.91. The van der Waals surface area contributed by atoms with Gasteiger partial charge < -0.3 is 14.5 Å². The van der Waals surface area contributed by atoms with Crippen LogP contribution < -0.4 is 4.90 Å². The molecule has 0 spiro atoms. The van der Waals surface area contributed by atoms with Crippen molar-refractivity contribution in [3.8, 4) is 11.1 Å². The molecule has 8 heteroatoms. The maximum absolute atomic E-state index is 12.5. The molecular weight excluding hydrogens is 368 g/mol. The van der Waals surface area contributed by atoms with Crippen molar-refractivity contribution >= 4 is 17.3 Å². The molecule has 0 saturated carbocycles. The Hall–Kier alpha value is -3.03. The van der Waals surface area contributed by atoms with Crippen molar-refractivity contribution in [1.82, 2.24) is 24.3 Å². The second-order valence-corrected chi connectivity index (χ2v) is 8.65. The number of carbonyl (C=O) groups is 1. The summed E-state index contributed by atoms with van der Waals surface area (Å²) in [6, 6.07) is 4.25. The number of carbonyl (C=O) groups excluding carboxylic acids is 1. The molecule has 4 rings (SSSR count). The van der Waals surface area contributed by atoms with Gasteiger partial charge in [0.05, 0.1) is 23.6 Å². The summed E-state index contributed by atoms with van der Waals surface area (Å²) in [5, 5.41) is 8.80. The average Bonchev–Trinajstić information content (AvgIpc) is 3.25. The number of anilines is 1. The number of piperazine rings is 1. The van der Waals surface area contributed by atoms with Crippen LogP contribution in [0.5, 0.6) is 0 Å². The SMILES string of the molecule is C[C@H]1CN(c2cnn3cc(-c4cnn(C)c4)ccc23)CCN1C(=O)OC(C)(C)C. The van der Waals surface area contributed by atoms with Crippen molar-refractivity contribution in [3.05, 3.63) is 36.9 Å². The zero-order valence-electron chi connectivity index (χ0n) is 17.7.